The predicted octanol–water partition coefficient (Wildman–Crippen LogP) is 6.02. The van der Waals surface area contributed by atoms with Gasteiger partial charge < -0.3 is 9.30 Å². The van der Waals surface area contributed by atoms with Crippen LogP contribution in [0.25, 0.3) is 22.0 Å². The van der Waals surface area contributed by atoms with E-state index in [9.17, 15) is 9.18 Å². The van der Waals surface area contributed by atoms with Gasteiger partial charge in [-0.2, -0.15) is 5.10 Å². The van der Waals surface area contributed by atoms with Crippen LogP contribution in [0.5, 0.6) is 5.75 Å². The average Bonchev–Trinajstić information content (AvgIpc) is 3.30. The van der Waals surface area contributed by atoms with E-state index in [1.165, 1.54) is 6.07 Å². The predicted molar refractivity (Wildman–Crippen MR) is 141 cm³/mol. The van der Waals surface area contributed by atoms with Crippen LogP contribution >= 0.6 is 0 Å². The maximum Gasteiger partial charge on any atom is 0.277 e. The molecule has 0 spiro atoms. The van der Waals surface area contributed by atoms with E-state index in [0.717, 1.165) is 33.2 Å². The fraction of sp³-hybridized carbons (Fsp3) is 0.0667. The van der Waals surface area contributed by atoms with Gasteiger partial charge in [0.05, 0.1) is 6.21 Å². The lowest BCUT2D eigenvalue weighted by atomic mass is 10.1. The first kappa shape index (κ1) is 23.1. The number of ether oxygens (including phenoxy) is 1. The summed E-state index contributed by atoms with van der Waals surface area (Å²) in [5, 5.41) is 5.08. The molecule has 1 amide bonds. The Morgan fingerprint density at radius 3 is 2.50 bits per heavy atom. The second kappa shape index (κ2) is 10.7. The van der Waals surface area contributed by atoms with Crippen molar-refractivity contribution in [1.29, 1.82) is 0 Å². The largest absolute Gasteiger partial charge is 0.484 e. The molecule has 36 heavy (non-hydrogen) atoms. The number of carbonyl (C=O) groups excluding carboxylic acids is 1. The van der Waals surface area contributed by atoms with Crippen LogP contribution in [0.1, 0.15) is 11.1 Å². The third-order valence-corrected chi connectivity index (χ3v) is 5.77. The molecule has 1 N–H and O–H groups in total. The lowest BCUT2D eigenvalue weighted by Gasteiger charge is -2.07. The van der Waals surface area contributed by atoms with Crippen LogP contribution in [0.15, 0.2) is 114 Å². The zero-order valence-electron chi connectivity index (χ0n) is 19.5. The lowest BCUT2D eigenvalue weighted by Crippen LogP contribution is -2.24. The zero-order chi connectivity index (χ0) is 24.7. The number of amides is 1. The number of carbonyl (C=O) groups is 1. The Balaban J connectivity index is 1.14. The molecule has 0 aliphatic carbocycles. The van der Waals surface area contributed by atoms with E-state index < -0.39 is 0 Å². The summed E-state index contributed by atoms with van der Waals surface area (Å²) < 4.78 is 21.1. The molecule has 0 saturated carbocycles. The first-order chi connectivity index (χ1) is 17.6. The van der Waals surface area contributed by atoms with E-state index in [4.69, 9.17) is 4.74 Å². The molecule has 0 bridgehead atoms. The van der Waals surface area contributed by atoms with Crippen LogP contribution in [0.2, 0.25) is 0 Å². The number of hydrogen-bond donors (Lipinski definition) is 1. The first-order valence-corrected chi connectivity index (χ1v) is 11.6. The number of aromatic nitrogens is 1. The second-order valence-corrected chi connectivity index (χ2v) is 8.36. The van der Waals surface area contributed by atoms with Crippen LogP contribution in [0.3, 0.4) is 0 Å². The Morgan fingerprint density at radius 2 is 1.69 bits per heavy atom. The molecule has 178 valence electrons. The number of hydrogen-bond acceptors (Lipinski definition) is 3. The topological polar surface area (TPSA) is 55.6 Å². The average molecular weight is 478 g/mol. The van der Waals surface area contributed by atoms with Gasteiger partial charge in [-0.3, -0.25) is 4.79 Å². The first-order valence-electron chi connectivity index (χ1n) is 11.6. The third-order valence-electron chi connectivity index (χ3n) is 5.77. The quantitative estimate of drug-likeness (QED) is 0.219. The van der Waals surface area contributed by atoms with Crippen molar-refractivity contribution >= 4 is 23.0 Å². The highest BCUT2D eigenvalue weighted by Crippen LogP contribution is 2.22. The summed E-state index contributed by atoms with van der Waals surface area (Å²) in [6, 6.07) is 32.2. The second-order valence-electron chi connectivity index (χ2n) is 8.36. The Kier molecular flexibility index (Phi) is 6.85. The summed E-state index contributed by atoms with van der Waals surface area (Å²) in [6.45, 7) is 0.448. The van der Waals surface area contributed by atoms with Gasteiger partial charge in [-0.05, 0) is 64.7 Å². The van der Waals surface area contributed by atoms with Crippen LogP contribution in [0, 0.1) is 5.82 Å². The number of rotatable bonds is 8. The summed E-state index contributed by atoms with van der Waals surface area (Å²) in [6.07, 6.45) is 3.57. The van der Waals surface area contributed by atoms with Crippen LogP contribution in [-0.2, 0) is 11.3 Å². The fourth-order valence-electron chi connectivity index (χ4n) is 4.00. The monoisotopic (exact) mass is 477 g/mol. The van der Waals surface area contributed by atoms with Crippen LogP contribution in [-0.4, -0.2) is 23.3 Å². The lowest BCUT2D eigenvalue weighted by molar-refractivity contribution is -0.123. The van der Waals surface area contributed by atoms with E-state index in [1.54, 1.807) is 18.3 Å². The number of nitrogens with zero attached hydrogens (tertiary/aromatic N) is 2. The number of nitrogens with one attached hydrogen (secondary N) is 1. The van der Waals surface area contributed by atoms with Crippen molar-refractivity contribution in [3.8, 4) is 16.9 Å². The summed E-state index contributed by atoms with van der Waals surface area (Å²) in [7, 11) is 0. The standard InChI is InChI=1S/C30H24FN3O2/c31-27-8-4-5-23(18-27)20-34-16-15-26-17-22(9-14-29(26)34)19-32-33-30(35)21-36-28-12-10-25(11-13-28)24-6-2-1-3-7-24/h1-19H,20-21H2,(H,33,35)/b32-19-. The van der Waals surface area contributed by atoms with Gasteiger partial charge in [-0.15, -0.1) is 0 Å². The van der Waals surface area contributed by atoms with Crippen molar-refractivity contribution < 1.29 is 13.9 Å². The van der Waals surface area contributed by atoms with Gasteiger partial charge in [0.1, 0.15) is 11.6 Å². The van der Waals surface area contributed by atoms with Gasteiger partial charge >= 0.3 is 0 Å². The molecule has 5 rings (SSSR count). The maximum atomic E-state index is 13.5. The minimum atomic E-state index is -0.347. The molecule has 5 nitrogen and oxygen atoms in total. The molecule has 6 heteroatoms. The van der Waals surface area contributed by atoms with Crippen LogP contribution < -0.4 is 10.2 Å². The van der Waals surface area contributed by atoms with Crippen molar-refractivity contribution in [1.82, 2.24) is 9.99 Å². The number of halogens is 1. The van der Waals surface area contributed by atoms with Gasteiger partial charge in [-0.25, -0.2) is 9.82 Å². The highest BCUT2D eigenvalue weighted by Gasteiger charge is 2.05. The van der Waals surface area contributed by atoms with E-state index in [1.807, 2.05) is 91.1 Å². The molecule has 0 aliphatic heterocycles. The molecular formula is C30H24FN3O2. The number of benzene rings is 4. The summed E-state index contributed by atoms with van der Waals surface area (Å²) in [5.41, 5.74) is 7.48. The van der Waals surface area contributed by atoms with Crippen molar-refractivity contribution in [3.63, 3.8) is 0 Å². The minimum absolute atomic E-state index is 0.135. The minimum Gasteiger partial charge on any atom is -0.484 e. The Labute approximate surface area is 208 Å². The molecular weight excluding hydrogens is 453 g/mol. The van der Waals surface area contributed by atoms with E-state index in [2.05, 4.69) is 15.1 Å². The summed E-state index contributed by atoms with van der Waals surface area (Å²) >= 11 is 0. The van der Waals surface area contributed by atoms with Gasteiger partial charge in [-0.1, -0.05) is 60.7 Å². The van der Waals surface area contributed by atoms with Gasteiger partial charge in [0, 0.05) is 23.6 Å². The summed E-state index contributed by atoms with van der Waals surface area (Å²) in [5.74, 6) is 0.0265. The van der Waals surface area contributed by atoms with Crippen LogP contribution in [0.4, 0.5) is 4.39 Å². The molecule has 1 aromatic heterocycles. The van der Waals surface area contributed by atoms with Gasteiger partial charge in [0.25, 0.3) is 5.91 Å². The molecule has 5 aromatic rings. The fourth-order valence-corrected chi connectivity index (χ4v) is 4.00. The molecule has 0 unspecified atom stereocenters. The molecule has 1 heterocycles. The number of fused-ring (bicyclic) bond motifs is 1. The summed E-state index contributed by atoms with van der Waals surface area (Å²) in [4.78, 5) is 12.1. The van der Waals surface area contributed by atoms with Crippen molar-refractivity contribution in [2.24, 2.45) is 5.10 Å². The van der Waals surface area contributed by atoms with E-state index >= 15 is 0 Å². The molecule has 0 saturated heterocycles. The number of hydrazone groups is 1. The zero-order valence-corrected chi connectivity index (χ0v) is 19.5. The molecule has 0 atom stereocenters. The van der Waals surface area contributed by atoms with Crippen molar-refractivity contribution in [3.05, 3.63) is 126 Å². The Hall–Kier alpha value is -4.71. The molecule has 4 aromatic carbocycles. The van der Waals surface area contributed by atoms with Gasteiger partial charge in [0.2, 0.25) is 0 Å². The smallest absolute Gasteiger partial charge is 0.277 e. The molecule has 0 aliphatic rings. The molecule has 0 radical (unpaired) electrons. The Morgan fingerprint density at radius 1 is 0.889 bits per heavy atom. The Bertz CT molecular complexity index is 1510. The SMILES string of the molecule is O=C(COc1ccc(-c2ccccc2)cc1)N/N=C\c1ccc2c(ccn2Cc2cccc(F)c2)c1. The normalized spacial score (nSPS) is 11.1. The van der Waals surface area contributed by atoms with Crippen molar-refractivity contribution in [2.45, 2.75) is 6.54 Å². The van der Waals surface area contributed by atoms with Gasteiger partial charge in [0.15, 0.2) is 6.61 Å². The van der Waals surface area contributed by atoms with Crippen molar-refractivity contribution in [2.75, 3.05) is 6.61 Å². The van der Waals surface area contributed by atoms with E-state index in [0.29, 0.717) is 12.3 Å². The van der Waals surface area contributed by atoms with E-state index in [-0.39, 0.29) is 18.3 Å². The highest BCUT2D eigenvalue weighted by atomic mass is 19.1. The molecule has 0 fully saturated rings. The highest BCUT2D eigenvalue weighted by molar-refractivity contribution is 5.90. The maximum absolute atomic E-state index is 13.5. The third kappa shape index (κ3) is 5.67.